The molecule has 0 amide bonds. The Hall–Kier alpha value is -1.06. The van der Waals surface area contributed by atoms with Gasteiger partial charge in [0.2, 0.25) is 0 Å². The standard InChI is InChI=1S/C11H15NO2/c1-13-9-3-2-8-4-5-14-11(7-12)10(8)6-9/h2-3,6,11H,4-5,7,12H2,1H3. The minimum absolute atomic E-state index is 0.0360. The van der Waals surface area contributed by atoms with E-state index in [0.717, 1.165) is 18.8 Å². The van der Waals surface area contributed by atoms with Gasteiger partial charge in [-0.05, 0) is 29.7 Å². The minimum atomic E-state index is 0.0360. The topological polar surface area (TPSA) is 44.5 Å². The van der Waals surface area contributed by atoms with Crippen LogP contribution in [0.3, 0.4) is 0 Å². The Kier molecular flexibility index (Phi) is 2.70. The van der Waals surface area contributed by atoms with Crippen molar-refractivity contribution in [2.45, 2.75) is 12.5 Å². The van der Waals surface area contributed by atoms with E-state index in [4.69, 9.17) is 15.2 Å². The molecule has 1 aliphatic heterocycles. The summed E-state index contributed by atoms with van der Waals surface area (Å²) in [7, 11) is 1.67. The summed E-state index contributed by atoms with van der Waals surface area (Å²) in [6.07, 6.45) is 1.00. The van der Waals surface area contributed by atoms with Crippen LogP contribution in [0.5, 0.6) is 5.75 Å². The van der Waals surface area contributed by atoms with E-state index in [9.17, 15) is 0 Å². The van der Waals surface area contributed by atoms with Crippen LogP contribution < -0.4 is 10.5 Å². The monoisotopic (exact) mass is 193 g/mol. The first-order chi connectivity index (χ1) is 6.85. The Morgan fingerprint density at radius 3 is 3.14 bits per heavy atom. The predicted octanol–water partition coefficient (Wildman–Crippen LogP) is 1.27. The molecule has 2 rings (SSSR count). The van der Waals surface area contributed by atoms with E-state index in [-0.39, 0.29) is 6.10 Å². The van der Waals surface area contributed by atoms with Crippen molar-refractivity contribution in [2.24, 2.45) is 5.73 Å². The fraction of sp³-hybridized carbons (Fsp3) is 0.455. The SMILES string of the molecule is COc1ccc2c(c1)C(CN)OCC2. The molecule has 0 radical (unpaired) electrons. The van der Waals surface area contributed by atoms with Gasteiger partial charge in [-0.15, -0.1) is 0 Å². The summed E-state index contributed by atoms with van der Waals surface area (Å²) in [6, 6.07) is 6.10. The lowest BCUT2D eigenvalue weighted by molar-refractivity contribution is 0.0483. The van der Waals surface area contributed by atoms with Gasteiger partial charge < -0.3 is 15.2 Å². The van der Waals surface area contributed by atoms with Crippen LogP contribution in [0.1, 0.15) is 17.2 Å². The van der Waals surface area contributed by atoms with Crippen LogP contribution in [-0.2, 0) is 11.2 Å². The van der Waals surface area contributed by atoms with Gasteiger partial charge in [0.1, 0.15) is 5.75 Å². The fourth-order valence-electron chi connectivity index (χ4n) is 1.82. The van der Waals surface area contributed by atoms with Gasteiger partial charge in [-0.3, -0.25) is 0 Å². The smallest absolute Gasteiger partial charge is 0.119 e. The number of ether oxygens (including phenoxy) is 2. The molecule has 2 N–H and O–H groups in total. The van der Waals surface area contributed by atoms with Gasteiger partial charge in [0, 0.05) is 6.54 Å². The third kappa shape index (κ3) is 1.61. The van der Waals surface area contributed by atoms with Gasteiger partial charge in [0.25, 0.3) is 0 Å². The van der Waals surface area contributed by atoms with E-state index in [1.54, 1.807) is 7.11 Å². The second kappa shape index (κ2) is 3.98. The van der Waals surface area contributed by atoms with Crippen molar-refractivity contribution in [2.75, 3.05) is 20.3 Å². The highest BCUT2D eigenvalue weighted by atomic mass is 16.5. The van der Waals surface area contributed by atoms with Gasteiger partial charge in [0.05, 0.1) is 19.8 Å². The zero-order valence-corrected chi connectivity index (χ0v) is 8.32. The maximum Gasteiger partial charge on any atom is 0.119 e. The molecule has 1 unspecified atom stereocenters. The van der Waals surface area contributed by atoms with Crippen LogP contribution in [0.2, 0.25) is 0 Å². The van der Waals surface area contributed by atoms with Gasteiger partial charge >= 0.3 is 0 Å². The van der Waals surface area contributed by atoms with E-state index < -0.39 is 0 Å². The highest BCUT2D eigenvalue weighted by Gasteiger charge is 2.19. The molecule has 1 aromatic carbocycles. The van der Waals surface area contributed by atoms with Crippen molar-refractivity contribution in [1.29, 1.82) is 0 Å². The maximum atomic E-state index is 5.64. The van der Waals surface area contributed by atoms with Crippen LogP contribution in [0.4, 0.5) is 0 Å². The Morgan fingerprint density at radius 2 is 2.43 bits per heavy atom. The Bertz CT molecular complexity index is 325. The van der Waals surface area contributed by atoms with E-state index in [1.807, 2.05) is 12.1 Å². The molecule has 3 heteroatoms. The summed E-state index contributed by atoms with van der Waals surface area (Å²) in [4.78, 5) is 0. The first kappa shape index (κ1) is 9.49. The van der Waals surface area contributed by atoms with Gasteiger partial charge in [-0.25, -0.2) is 0 Å². The summed E-state index contributed by atoms with van der Waals surface area (Å²) >= 11 is 0. The largest absolute Gasteiger partial charge is 0.497 e. The summed E-state index contributed by atoms with van der Waals surface area (Å²) in [6.45, 7) is 1.29. The van der Waals surface area contributed by atoms with Gasteiger partial charge in [-0.2, -0.15) is 0 Å². The van der Waals surface area contributed by atoms with Crippen molar-refractivity contribution in [3.05, 3.63) is 29.3 Å². The van der Waals surface area contributed by atoms with Crippen molar-refractivity contribution < 1.29 is 9.47 Å². The highest BCUT2D eigenvalue weighted by Crippen LogP contribution is 2.29. The molecule has 14 heavy (non-hydrogen) atoms. The van der Waals surface area contributed by atoms with E-state index in [0.29, 0.717) is 6.54 Å². The number of hydrogen-bond acceptors (Lipinski definition) is 3. The lowest BCUT2D eigenvalue weighted by atomic mass is 9.97. The second-order valence-corrected chi connectivity index (χ2v) is 3.41. The van der Waals surface area contributed by atoms with Crippen molar-refractivity contribution in [1.82, 2.24) is 0 Å². The van der Waals surface area contributed by atoms with Gasteiger partial charge in [0.15, 0.2) is 0 Å². The molecule has 0 aromatic heterocycles. The molecule has 1 atom stereocenters. The van der Waals surface area contributed by atoms with Crippen LogP contribution in [-0.4, -0.2) is 20.3 Å². The lowest BCUT2D eigenvalue weighted by Gasteiger charge is -2.25. The molecule has 0 spiro atoms. The van der Waals surface area contributed by atoms with Crippen molar-refractivity contribution in [3.8, 4) is 5.75 Å². The van der Waals surface area contributed by atoms with E-state index >= 15 is 0 Å². The van der Waals surface area contributed by atoms with Crippen molar-refractivity contribution >= 4 is 0 Å². The second-order valence-electron chi connectivity index (χ2n) is 3.41. The first-order valence-corrected chi connectivity index (χ1v) is 4.83. The maximum absolute atomic E-state index is 5.64. The third-order valence-electron chi connectivity index (χ3n) is 2.60. The zero-order valence-electron chi connectivity index (χ0n) is 8.32. The normalized spacial score (nSPS) is 20.3. The van der Waals surface area contributed by atoms with Crippen LogP contribution in [0, 0.1) is 0 Å². The molecule has 0 bridgehead atoms. The number of rotatable bonds is 2. The summed E-state index contributed by atoms with van der Waals surface area (Å²) in [5, 5.41) is 0. The number of fused-ring (bicyclic) bond motifs is 1. The molecule has 0 saturated heterocycles. The molecule has 3 nitrogen and oxygen atoms in total. The molecule has 0 fully saturated rings. The number of nitrogens with two attached hydrogens (primary N) is 1. The zero-order chi connectivity index (χ0) is 9.97. The summed E-state index contributed by atoms with van der Waals surface area (Å²) in [5.41, 5.74) is 8.15. The number of hydrogen-bond donors (Lipinski definition) is 1. The molecular formula is C11H15NO2. The van der Waals surface area contributed by atoms with Crippen molar-refractivity contribution in [3.63, 3.8) is 0 Å². The van der Waals surface area contributed by atoms with Crippen LogP contribution in [0.25, 0.3) is 0 Å². The average molecular weight is 193 g/mol. The number of benzene rings is 1. The first-order valence-electron chi connectivity index (χ1n) is 4.83. The molecule has 1 heterocycles. The number of methoxy groups -OCH3 is 1. The Morgan fingerprint density at radius 1 is 1.57 bits per heavy atom. The average Bonchev–Trinajstić information content (AvgIpc) is 2.27. The van der Waals surface area contributed by atoms with Crippen LogP contribution >= 0.6 is 0 Å². The fourth-order valence-corrected chi connectivity index (χ4v) is 1.82. The molecule has 76 valence electrons. The molecule has 1 aliphatic rings. The minimum Gasteiger partial charge on any atom is -0.497 e. The summed E-state index contributed by atoms with van der Waals surface area (Å²) < 4.78 is 10.7. The molecule has 1 aromatic rings. The molecular weight excluding hydrogens is 178 g/mol. The summed E-state index contributed by atoms with van der Waals surface area (Å²) in [5.74, 6) is 0.868. The van der Waals surface area contributed by atoms with Gasteiger partial charge in [-0.1, -0.05) is 6.07 Å². The molecule has 0 saturated carbocycles. The Balaban J connectivity index is 2.38. The van der Waals surface area contributed by atoms with Crippen LogP contribution in [0.15, 0.2) is 18.2 Å². The third-order valence-corrected chi connectivity index (χ3v) is 2.60. The Labute approximate surface area is 83.8 Å². The quantitative estimate of drug-likeness (QED) is 0.769. The van der Waals surface area contributed by atoms with E-state index in [1.165, 1.54) is 11.1 Å². The lowest BCUT2D eigenvalue weighted by Crippen LogP contribution is -2.22. The highest BCUT2D eigenvalue weighted by molar-refractivity contribution is 5.38. The predicted molar refractivity (Wildman–Crippen MR) is 54.4 cm³/mol. The van der Waals surface area contributed by atoms with E-state index in [2.05, 4.69) is 6.07 Å². The molecule has 0 aliphatic carbocycles.